The highest BCUT2D eigenvalue weighted by Gasteiger charge is 2.23. The molecule has 1 heterocycles. The molecule has 0 bridgehead atoms. The van der Waals surface area contributed by atoms with Gasteiger partial charge in [-0.1, -0.05) is 30.3 Å². The quantitative estimate of drug-likeness (QED) is 0.695. The van der Waals surface area contributed by atoms with Crippen LogP contribution >= 0.6 is 0 Å². The fourth-order valence-electron chi connectivity index (χ4n) is 2.87. The van der Waals surface area contributed by atoms with Gasteiger partial charge in [-0.15, -0.1) is 0 Å². The number of hydrogen-bond acceptors (Lipinski definition) is 6. The normalized spacial score (nSPS) is 13.9. The van der Waals surface area contributed by atoms with Crippen LogP contribution in [0.15, 0.2) is 48.5 Å². The molecular formula is C21H22N2O6. The van der Waals surface area contributed by atoms with Crippen molar-refractivity contribution < 1.29 is 28.6 Å². The minimum absolute atomic E-state index is 0.0920. The SMILES string of the molecule is CC(=O)NC(CC(=O)OC(C)C(=O)Nc1ccc2c(c1)OCO2)c1ccccc1. The fraction of sp³-hybridized carbons (Fsp3) is 0.286. The summed E-state index contributed by atoms with van der Waals surface area (Å²) in [6.07, 6.45) is -1.10. The summed E-state index contributed by atoms with van der Waals surface area (Å²) in [4.78, 5) is 36.2. The van der Waals surface area contributed by atoms with Crippen molar-refractivity contribution in [1.82, 2.24) is 5.32 Å². The van der Waals surface area contributed by atoms with Crippen molar-refractivity contribution in [3.05, 3.63) is 54.1 Å². The number of ether oxygens (including phenoxy) is 3. The van der Waals surface area contributed by atoms with Crippen LogP contribution in [0.4, 0.5) is 5.69 Å². The van der Waals surface area contributed by atoms with Gasteiger partial charge in [0.15, 0.2) is 17.6 Å². The second-order valence-corrected chi connectivity index (χ2v) is 6.56. The Bertz CT molecular complexity index is 899. The lowest BCUT2D eigenvalue weighted by Gasteiger charge is -2.19. The maximum Gasteiger partial charge on any atom is 0.309 e. The van der Waals surface area contributed by atoms with Crippen molar-refractivity contribution in [2.24, 2.45) is 0 Å². The second-order valence-electron chi connectivity index (χ2n) is 6.56. The molecule has 0 spiro atoms. The molecule has 0 saturated heterocycles. The van der Waals surface area contributed by atoms with Crippen molar-refractivity contribution in [3.63, 3.8) is 0 Å². The number of esters is 1. The first-order valence-electron chi connectivity index (χ1n) is 9.14. The third kappa shape index (κ3) is 5.47. The monoisotopic (exact) mass is 398 g/mol. The number of benzene rings is 2. The topological polar surface area (TPSA) is 103 Å². The number of amides is 2. The summed E-state index contributed by atoms with van der Waals surface area (Å²) in [5, 5.41) is 5.40. The lowest BCUT2D eigenvalue weighted by molar-refractivity contribution is -0.153. The van der Waals surface area contributed by atoms with E-state index in [0.717, 1.165) is 5.56 Å². The molecule has 3 rings (SSSR count). The van der Waals surface area contributed by atoms with Crippen LogP contribution in [0.2, 0.25) is 0 Å². The minimum Gasteiger partial charge on any atom is -0.454 e. The van der Waals surface area contributed by atoms with Crippen LogP contribution in [0.3, 0.4) is 0 Å². The van der Waals surface area contributed by atoms with Gasteiger partial charge in [0.05, 0.1) is 12.5 Å². The van der Waals surface area contributed by atoms with Gasteiger partial charge in [-0.05, 0) is 24.6 Å². The van der Waals surface area contributed by atoms with Gasteiger partial charge >= 0.3 is 5.97 Å². The van der Waals surface area contributed by atoms with E-state index in [4.69, 9.17) is 14.2 Å². The summed E-state index contributed by atoms with van der Waals surface area (Å²) in [5.41, 5.74) is 1.28. The van der Waals surface area contributed by atoms with Crippen LogP contribution in [0.1, 0.15) is 31.9 Å². The molecule has 0 fully saturated rings. The molecule has 2 aromatic rings. The molecule has 1 aliphatic heterocycles. The van der Waals surface area contributed by atoms with Gasteiger partial charge in [0.2, 0.25) is 12.7 Å². The maximum absolute atomic E-state index is 12.4. The van der Waals surface area contributed by atoms with Crippen LogP contribution in [0.5, 0.6) is 11.5 Å². The number of fused-ring (bicyclic) bond motifs is 1. The second kappa shape index (κ2) is 9.09. The first-order valence-corrected chi connectivity index (χ1v) is 9.14. The van der Waals surface area contributed by atoms with Gasteiger partial charge in [0, 0.05) is 18.7 Å². The van der Waals surface area contributed by atoms with Gasteiger partial charge < -0.3 is 24.8 Å². The van der Waals surface area contributed by atoms with E-state index in [1.54, 1.807) is 18.2 Å². The summed E-state index contributed by atoms with van der Waals surface area (Å²) >= 11 is 0. The van der Waals surface area contributed by atoms with Crippen LogP contribution in [0, 0.1) is 0 Å². The van der Waals surface area contributed by atoms with Crippen LogP contribution in [-0.2, 0) is 19.1 Å². The maximum atomic E-state index is 12.4. The zero-order valence-corrected chi connectivity index (χ0v) is 16.1. The van der Waals surface area contributed by atoms with Crippen molar-refractivity contribution >= 4 is 23.5 Å². The Morgan fingerprint density at radius 3 is 2.52 bits per heavy atom. The summed E-state index contributed by atoms with van der Waals surface area (Å²) in [6, 6.07) is 13.5. The van der Waals surface area contributed by atoms with Crippen LogP contribution in [0.25, 0.3) is 0 Å². The molecule has 152 valence electrons. The number of anilines is 1. The van der Waals surface area contributed by atoms with Gasteiger partial charge in [-0.25, -0.2) is 0 Å². The molecule has 8 nitrogen and oxygen atoms in total. The van der Waals surface area contributed by atoms with Crippen molar-refractivity contribution in [1.29, 1.82) is 0 Å². The third-order valence-corrected chi connectivity index (χ3v) is 4.27. The molecule has 0 aliphatic carbocycles. The predicted octanol–water partition coefficient (Wildman–Crippen LogP) is 2.55. The number of hydrogen-bond donors (Lipinski definition) is 2. The van der Waals surface area contributed by atoms with E-state index in [2.05, 4.69) is 10.6 Å². The average Bonchev–Trinajstić information content (AvgIpc) is 3.15. The van der Waals surface area contributed by atoms with E-state index in [1.165, 1.54) is 13.8 Å². The first kappa shape index (κ1) is 20.2. The molecule has 0 radical (unpaired) electrons. The van der Waals surface area contributed by atoms with E-state index in [-0.39, 0.29) is 19.1 Å². The number of carbonyl (C=O) groups is 3. The lowest BCUT2D eigenvalue weighted by Crippen LogP contribution is -2.33. The zero-order valence-electron chi connectivity index (χ0n) is 16.1. The van der Waals surface area contributed by atoms with Gasteiger partial charge in [0.1, 0.15) is 0 Å². The fourth-order valence-corrected chi connectivity index (χ4v) is 2.87. The molecule has 2 amide bonds. The predicted molar refractivity (Wildman–Crippen MR) is 104 cm³/mol. The van der Waals surface area contributed by atoms with E-state index in [0.29, 0.717) is 17.2 Å². The van der Waals surface area contributed by atoms with E-state index in [9.17, 15) is 14.4 Å². The van der Waals surface area contributed by atoms with Crippen LogP contribution in [-0.4, -0.2) is 30.7 Å². The minimum atomic E-state index is -1.01. The van der Waals surface area contributed by atoms with E-state index >= 15 is 0 Å². The number of rotatable bonds is 7. The highest BCUT2D eigenvalue weighted by atomic mass is 16.7. The molecule has 1 aliphatic rings. The molecule has 0 aromatic heterocycles. The highest BCUT2D eigenvalue weighted by molar-refractivity contribution is 5.95. The Morgan fingerprint density at radius 1 is 1.07 bits per heavy atom. The smallest absolute Gasteiger partial charge is 0.309 e. The van der Waals surface area contributed by atoms with E-state index in [1.807, 2.05) is 30.3 Å². The summed E-state index contributed by atoms with van der Waals surface area (Å²) < 4.78 is 15.7. The molecule has 2 aromatic carbocycles. The number of carbonyl (C=O) groups excluding carboxylic acids is 3. The molecule has 2 unspecified atom stereocenters. The molecule has 8 heteroatoms. The Balaban J connectivity index is 1.57. The Morgan fingerprint density at radius 2 is 1.79 bits per heavy atom. The third-order valence-electron chi connectivity index (χ3n) is 4.27. The molecule has 2 atom stereocenters. The number of nitrogens with one attached hydrogen (secondary N) is 2. The van der Waals surface area contributed by atoms with Crippen molar-refractivity contribution in [2.45, 2.75) is 32.4 Å². The van der Waals surface area contributed by atoms with Gasteiger partial charge in [0.25, 0.3) is 5.91 Å². The summed E-state index contributed by atoms with van der Waals surface area (Å²) in [6.45, 7) is 3.00. The van der Waals surface area contributed by atoms with Gasteiger partial charge in [-0.3, -0.25) is 14.4 Å². The molecule has 2 N–H and O–H groups in total. The standard InChI is InChI=1S/C21H22N2O6/c1-13(21(26)23-16-8-9-18-19(10-16)28-12-27-18)29-20(25)11-17(22-14(2)24)15-6-4-3-5-7-15/h3-10,13,17H,11-12H2,1-2H3,(H,22,24)(H,23,26). The summed E-state index contributed by atoms with van der Waals surface area (Å²) in [7, 11) is 0. The van der Waals surface area contributed by atoms with Crippen molar-refractivity contribution in [2.75, 3.05) is 12.1 Å². The Labute approximate surface area is 168 Å². The van der Waals surface area contributed by atoms with Crippen LogP contribution < -0.4 is 20.1 Å². The van der Waals surface area contributed by atoms with E-state index < -0.39 is 24.0 Å². The molecular weight excluding hydrogens is 376 g/mol. The Hall–Kier alpha value is -3.55. The molecule has 29 heavy (non-hydrogen) atoms. The lowest BCUT2D eigenvalue weighted by atomic mass is 10.0. The molecule has 0 saturated carbocycles. The highest BCUT2D eigenvalue weighted by Crippen LogP contribution is 2.34. The zero-order chi connectivity index (χ0) is 20.8. The first-order chi connectivity index (χ1) is 13.9. The largest absolute Gasteiger partial charge is 0.454 e. The average molecular weight is 398 g/mol. The Kier molecular flexibility index (Phi) is 6.33. The summed E-state index contributed by atoms with van der Waals surface area (Å²) in [5.74, 6) is -0.199. The van der Waals surface area contributed by atoms with Crippen molar-refractivity contribution in [3.8, 4) is 11.5 Å². The van der Waals surface area contributed by atoms with Gasteiger partial charge in [-0.2, -0.15) is 0 Å².